The SMILES string of the molecule is CC/C(=N\NS(=O)(=O)c1ccc(OC)cc1OC)c1cc(O)ccc1O. The summed E-state index contributed by atoms with van der Waals surface area (Å²) in [5.74, 6) is 0.358. The monoisotopic (exact) mass is 380 g/mol. The average Bonchev–Trinajstić information content (AvgIpc) is 2.64. The van der Waals surface area contributed by atoms with Gasteiger partial charge in [-0.05, 0) is 36.8 Å². The van der Waals surface area contributed by atoms with Crippen LogP contribution in [0.5, 0.6) is 23.0 Å². The van der Waals surface area contributed by atoms with E-state index in [4.69, 9.17) is 9.47 Å². The largest absolute Gasteiger partial charge is 0.508 e. The van der Waals surface area contributed by atoms with Crippen molar-refractivity contribution in [1.29, 1.82) is 0 Å². The van der Waals surface area contributed by atoms with Crippen LogP contribution >= 0.6 is 0 Å². The van der Waals surface area contributed by atoms with Crippen LogP contribution in [0.3, 0.4) is 0 Å². The van der Waals surface area contributed by atoms with Crippen molar-refractivity contribution in [3.63, 3.8) is 0 Å². The molecule has 0 radical (unpaired) electrons. The molecule has 9 heteroatoms. The lowest BCUT2D eigenvalue weighted by Crippen LogP contribution is -2.21. The van der Waals surface area contributed by atoms with E-state index >= 15 is 0 Å². The Morgan fingerprint density at radius 3 is 2.46 bits per heavy atom. The fourth-order valence-electron chi connectivity index (χ4n) is 2.25. The number of nitrogens with one attached hydrogen (secondary N) is 1. The van der Waals surface area contributed by atoms with E-state index in [0.717, 1.165) is 0 Å². The predicted molar refractivity (Wildman–Crippen MR) is 96.5 cm³/mol. The summed E-state index contributed by atoms with van der Waals surface area (Å²) in [6.45, 7) is 1.74. The quantitative estimate of drug-likeness (QED) is 0.385. The third-order valence-electron chi connectivity index (χ3n) is 3.59. The van der Waals surface area contributed by atoms with E-state index in [1.807, 2.05) is 0 Å². The van der Waals surface area contributed by atoms with E-state index in [9.17, 15) is 18.6 Å². The zero-order valence-electron chi connectivity index (χ0n) is 14.6. The zero-order valence-corrected chi connectivity index (χ0v) is 15.4. The zero-order chi connectivity index (χ0) is 19.3. The first-order chi connectivity index (χ1) is 12.3. The molecule has 0 amide bonds. The molecule has 0 bridgehead atoms. The van der Waals surface area contributed by atoms with Gasteiger partial charge in [0.1, 0.15) is 27.9 Å². The molecular formula is C17H20N2O6S. The third kappa shape index (κ3) is 4.17. The standard InChI is InChI=1S/C17H20N2O6S/c1-4-14(13-9-11(20)5-7-15(13)21)18-19-26(22,23)17-8-6-12(24-2)10-16(17)25-3/h5-10,19-21H,4H2,1-3H3/b18-14+. The van der Waals surface area contributed by atoms with Crippen LogP contribution in [-0.2, 0) is 10.0 Å². The molecule has 0 aliphatic rings. The molecule has 0 aliphatic heterocycles. The molecule has 0 heterocycles. The van der Waals surface area contributed by atoms with Crippen LogP contribution in [0.4, 0.5) is 0 Å². The summed E-state index contributed by atoms with van der Waals surface area (Å²) in [5, 5.41) is 23.4. The molecule has 3 N–H and O–H groups in total. The average molecular weight is 380 g/mol. The Balaban J connectivity index is 2.39. The Hall–Kier alpha value is -2.94. The van der Waals surface area contributed by atoms with E-state index in [-0.39, 0.29) is 33.4 Å². The van der Waals surface area contributed by atoms with Gasteiger partial charge in [0.2, 0.25) is 0 Å². The molecule has 0 atom stereocenters. The van der Waals surface area contributed by atoms with Crippen LogP contribution in [0.15, 0.2) is 46.4 Å². The highest BCUT2D eigenvalue weighted by molar-refractivity contribution is 7.89. The smallest absolute Gasteiger partial charge is 0.280 e. The van der Waals surface area contributed by atoms with E-state index in [0.29, 0.717) is 12.2 Å². The Morgan fingerprint density at radius 2 is 1.85 bits per heavy atom. The summed E-state index contributed by atoms with van der Waals surface area (Å²) < 4.78 is 35.3. The van der Waals surface area contributed by atoms with Crippen LogP contribution in [-0.4, -0.2) is 38.6 Å². The van der Waals surface area contributed by atoms with Gasteiger partial charge in [0, 0.05) is 11.6 Å². The Bertz CT molecular complexity index is 925. The van der Waals surface area contributed by atoms with Gasteiger partial charge in [-0.25, -0.2) is 0 Å². The summed E-state index contributed by atoms with van der Waals surface area (Å²) in [5.41, 5.74) is 0.492. The number of phenols is 2. The van der Waals surface area contributed by atoms with Gasteiger partial charge in [-0.2, -0.15) is 18.4 Å². The van der Waals surface area contributed by atoms with Crippen LogP contribution in [0, 0.1) is 0 Å². The minimum absolute atomic E-state index is 0.0707. The lowest BCUT2D eigenvalue weighted by molar-refractivity contribution is 0.386. The van der Waals surface area contributed by atoms with E-state index < -0.39 is 10.0 Å². The molecule has 0 saturated carbocycles. The number of methoxy groups -OCH3 is 2. The number of benzene rings is 2. The molecule has 0 aliphatic carbocycles. The summed E-state index contributed by atoms with van der Waals surface area (Å²) in [6, 6.07) is 8.20. The second-order valence-corrected chi connectivity index (χ2v) is 6.85. The van der Waals surface area contributed by atoms with Crippen LogP contribution in [0.2, 0.25) is 0 Å². The Kier molecular flexibility index (Phi) is 5.93. The Labute approximate surface area is 151 Å². The number of hydrogen-bond donors (Lipinski definition) is 3. The summed E-state index contributed by atoms with van der Waals surface area (Å²) in [6.07, 6.45) is 0.319. The molecule has 140 valence electrons. The predicted octanol–water partition coefficient (Wildman–Crippen LogP) is 2.21. The second-order valence-electron chi connectivity index (χ2n) is 5.23. The fraction of sp³-hybridized carbons (Fsp3) is 0.235. The lowest BCUT2D eigenvalue weighted by atomic mass is 10.1. The molecule has 0 aromatic heterocycles. The summed E-state index contributed by atoms with van der Waals surface area (Å²) >= 11 is 0. The van der Waals surface area contributed by atoms with Crippen molar-refractivity contribution in [1.82, 2.24) is 4.83 Å². The number of phenolic OH excluding ortho intramolecular Hbond substituents is 2. The number of hydrogen-bond acceptors (Lipinski definition) is 7. The van der Waals surface area contributed by atoms with Gasteiger partial charge in [-0.3, -0.25) is 0 Å². The van der Waals surface area contributed by atoms with Gasteiger partial charge in [0.25, 0.3) is 10.0 Å². The first-order valence-electron chi connectivity index (χ1n) is 7.65. The maximum Gasteiger partial charge on any atom is 0.280 e. The van der Waals surface area contributed by atoms with Crippen molar-refractivity contribution in [2.45, 2.75) is 18.2 Å². The van der Waals surface area contributed by atoms with Crippen LogP contribution < -0.4 is 14.3 Å². The molecule has 0 fully saturated rings. The molecule has 0 saturated heterocycles. The van der Waals surface area contributed by atoms with Crippen LogP contribution in [0.1, 0.15) is 18.9 Å². The number of nitrogens with zero attached hydrogens (tertiary/aromatic N) is 1. The molecular weight excluding hydrogens is 360 g/mol. The van der Waals surface area contributed by atoms with Crippen molar-refractivity contribution < 1.29 is 28.1 Å². The number of ether oxygens (including phenoxy) is 2. The normalized spacial score (nSPS) is 11.9. The second kappa shape index (κ2) is 7.96. The van der Waals surface area contributed by atoms with Crippen LogP contribution in [0.25, 0.3) is 0 Å². The highest BCUT2D eigenvalue weighted by Gasteiger charge is 2.20. The minimum atomic E-state index is -4.03. The summed E-state index contributed by atoms with van der Waals surface area (Å²) in [4.78, 5) is 2.02. The molecule has 0 unspecified atom stereocenters. The van der Waals surface area contributed by atoms with Gasteiger partial charge >= 0.3 is 0 Å². The number of rotatable bonds is 7. The maximum atomic E-state index is 12.6. The molecule has 2 rings (SSSR count). The highest BCUT2D eigenvalue weighted by atomic mass is 32.2. The van der Waals surface area contributed by atoms with E-state index in [2.05, 4.69) is 9.93 Å². The third-order valence-corrected chi connectivity index (χ3v) is 4.83. The van der Waals surface area contributed by atoms with Gasteiger partial charge in [-0.15, -0.1) is 0 Å². The molecule has 0 spiro atoms. The number of sulfonamides is 1. The molecule has 2 aromatic rings. The van der Waals surface area contributed by atoms with Gasteiger partial charge < -0.3 is 19.7 Å². The van der Waals surface area contributed by atoms with Gasteiger partial charge in [0.15, 0.2) is 0 Å². The van der Waals surface area contributed by atoms with Gasteiger partial charge in [-0.1, -0.05) is 6.92 Å². The number of hydrazone groups is 1. The Morgan fingerprint density at radius 1 is 1.12 bits per heavy atom. The fourth-order valence-corrected chi connectivity index (χ4v) is 3.23. The van der Waals surface area contributed by atoms with Crippen molar-refractivity contribution in [3.8, 4) is 23.0 Å². The van der Waals surface area contributed by atoms with Crippen molar-refractivity contribution >= 4 is 15.7 Å². The highest BCUT2D eigenvalue weighted by Crippen LogP contribution is 2.28. The molecule has 2 aromatic carbocycles. The van der Waals surface area contributed by atoms with E-state index in [1.165, 1.54) is 50.6 Å². The van der Waals surface area contributed by atoms with Crippen molar-refractivity contribution in [2.24, 2.45) is 5.10 Å². The molecule has 26 heavy (non-hydrogen) atoms. The minimum Gasteiger partial charge on any atom is -0.508 e. The molecule has 8 nitrogen and oxygen atoms in total. The first kappa shape index (κ1) is 19.4. The first-order valence-corrected chi connectivity index (χ1v) is 9.13. The maximum absolute atomic E-state index is 12.6. The topological polar surface area (TPSA) is 117 Å². The van der Waals surface area contributed by atoms with Crippen molar-refractivity contribution in [2.75, 3.05) is 14.2 Å². The summed E-state index contributed by atoms with van der Waals surface area (Å²) in [7, 11) is -1.22. The lowest BCUT2D eigenvalue weighted by Gasteiger charge is -2.12. The van der Waals surface area contributed by atoms with E-state index in [1.54, 1.807) is 6.92 Å². The number of aromatic hydroxyl groups is 2. The van der Waals surface area contributed by atoms with Crippen molar-refractivity contribution in [3.05, 3.63) is 42.0 Å². The van der Waals surface area contributed by atoms with Gasteiger partial charge in [0.05, 0.1) is 19.9 Å².